The summed E-state index contributed by atoms with van der Waals surface area (Å²) in [6, 6.07) is 0. The van der Waals surface area contributed by atoms with E-state index in [9.17, 15) is 9.59 Å². The zero-order valence-electron chi connectivity index (χ0n) is 8.13. The molecule has 0 amide bonds. The lowest BCUT2D eigenvalue weighted by atomic mass is 10.4. The molecule has 2 N–H and O–H groups in total. The first-order chi connectivity index (χ1) is 7.54. The van der Waals surface area contributed by atoms with Gasteiger partial charge in [-0.1, -0.05) is 0 Å². The average molecular weight is 232 g/mol. The maximum absolute atomic E-state index is 10.4. The topological polar surface area (TPSA) is 115 Å². The third kappa shape index (κ3) is 2.89. The van der Waals surface area contributed by atoms with Gasteiger partial charge in [-0.15, -0.1) is 0 Å². The van der Waals surface area contributed by atoms with Crippen molar-refractivity contribution in [2.45, 2.75) is 6.61 Å². The molecule has 0 aliphatic rings. The van der Waals surface area contributed by atoms with Crippen LogP contribution >= 0.6 is 0 Å². The van der Waals surface area contributed by atoms with E-state index in [-0.39, 0.29) is 23.9 Å². The minimum absolute atomic E-state index is 0.0150. The highest BCUT2D eigenvalue weighted by atomic mass is 16.7. The molecule has 0 saturated heterocycles. The van der Waals surface area contributed by atoms with Crippen molar-refractivity contribution in [3.8, 4) is 11.5 Å². The second-order valence-electron chi connectivity index (χ2n) is 2.52. The number of carbonyl (C=O) groups is 2. The van der Waals surface area contributed by atoms with Gasteiger partial charge in [-0.05, 0) is 0 Å². The Bertz CT molecular complexity index is 393. The van der Waals surface area contributed by atoms with E-state index in [1.54, 1.807) is 0 Å². The molecule has 0 fully saturated rings. The van der Waals surface area contributed by atoms with E-state index < -0.39 is 12.3 Å². The van der Waals surface area contributed by atoms with Crippen LogP contribution in [0, 0.1) is 0 Å². The van der Waals surface area contributed by atoms with Crippen molar-refractivity contribution in [2.75, 3.05) is 7.11 Å². The van der Waals surface area contributed by atoms with Crippen molar-refractivity contribution in [3.63, 3.8) is 0 Å². The highest BCUT2D eigenvalue weighted by molar-refractivity contribution is 5.67. The molecule has 0 aliphatic heterocycles. The van der Waals surface area contributed by atoms with E-state index in [0.29, 0.717) is 0 Å². The molecular formula is C8H8O8. The average Bonchev–Trinajstić information content (AvgIpc) is 2.49. The predicted molar refractivity (Wildman–Crippen MR) is 46.7 cm³/mol. The second kappa shape index (κ2) is 5.03. The zero-order chi connectivity index (χ0) is 12.1. The summed E-state index contributed by atoms with van der Waals surface area (Å²) in [7, 11) is 1.35. The summed E-state index contributed by atoms with van der Waals surface area (Å²) in [5, 5.41) is 16.8. The van der Waals surface area contributed by atoms with Gasteiger partial charge in [0.1, 0.15) is 12.9 Å². The molecule has 88 valence electrons. The summed E-state index contributed by atoms with van der Waals surface area (Å²) in [5.74, 6) is -0.667. The fourth-order valence-electron chi connectivity index (χ4n) is 0.959. The molecular weight excluding hydrogens is 224 g/mol. The van der Waals surface area contributed by atoms with Crippen LogP contribution in [0.25, 0.3) is 0 Å². The van der Waals surface area contributed by atoms with Gasteiger partial charge in [-0.25, -0.2) is 9.59 Å². The molecule has 8 heteroatoms. The second-order valence-corrected chi connectivity index (χ2v) is 2.52. The van der Waals surface area contributed by atoms with Crippen molar-refractivity contribution in [1.82, 2.24) is 0 Å². The lowest BCUT2D eigenvalue weighted by Crippen LogP contribution is -2.08. The number of methoxy groups -OCH3 is 1. The Kier molecular flexibility index (Phi) is 3.72. The Morgan fingerprint density at radius 2 is 1.94 bits per heavy atom. The number of hydrogen-bond donors (Lipinski definition) is 2. The maximum Gasteiger partial charge on any atom is 0.511 e. The molecule has 0 aromatic carbocycles. The predicted octanol–water partition coefficient (Wildman–Crippen LogP) is 1.54. The molecule has 0 radical (unpaired) electrons. The van der Waals surface area contributed by atoms with Gasteiger partial charge in [0.15, 0.2) is 5.76 Å². The van der Waals surface area contributed by atoms with Gasteiger partial charge in [0.25, 0.3) is 0 Å². The highest BCUT2D eigenvalue weighted by Gasteiger charge is 2.21. The highest BCUT2D eigenvalue weighted by Crippen LogP contribution is 2.34. The van der Waals surface area contributed by atoms with Crippen molar-refractivity contribution >= 4 is 12.3 Å². The summed E-state index contributed by atoms with van der Waals surface area (Å²) < 4.78 is 18.1. The number of hydrogen-bond acceptors (Lipinski definition) is 6. The smallest absolute Gasteiger partial charge is 0.459 e. The minimum Gasteiger partial charge on any atom is -0.459 e. The Morgan fingerprint density at radius 3 is 2.44 bits per heavy atom. The van der Waals surface area contributed by atoms with Gasteiger partial charge >= 0.3 is 12.3 Å². The van der Waals surface area contributed by atoms with Crippen LogP contribution in [0.15, 0.2) is 10.7 Å². The summed E-state index contributed by atoms with van der Waals surface area (Å²) in [5.41, 5.74) is 0. The van der Waals surface area contributed by atoms with E-state index in [4.69, 9.17) is 19.4 Å². The van der Waals surface area contributed by atoms with Crippen LogP contribution in [-0.2, 0) is 11.3 Å². The molecule has 1 aromatic heterocycles. The van der Waals surface area contributed by atoms with Crippen LogP contribution in [0.1, 0.15) is 5.76 Å². The van der Waals surface area contributed by atoms with Crippen LogP contribution in [0.2, 0.25) is 0 Å². The van der Waals surface area contributed by atoms with Crippen LogP contribution in [-0.4, -0.2) is 29.6 Å². The molecule has 1 aromatic rings. The van der Waals surface area contributed by atoms with Gasteiger partial charge in [0.05, 0.1) is 0 Å². The summed E-state index contributed by atoms with van der Waals surface area (Å²) in [6.07, 6.45) is -2.31. The van der Waals surface area contributed by atoms with Gasteiger partial charge in [-0.2, -0.15) is 0 Å². The fraction of sp³-hybridized carbons (Fsp3) is 0.250. The third-order valence-corrected chi connectivity index (χ3v) is 1.45. The largest absolute Gasteiger partial charge is 0.511 e. The van der Waals surface area contributed by atoms with Gasteiger partial charge in [0, 0.05) is 7.11 Å². The summed E-state index contributed by atoms with van der Waals surface area (Å²) >= 11 is 0. The molecule has 8 nitrogen and oxygen atoms in total. The quantitative estimate of drug-likeness (QED) is 0.751. The number of rotatable bonds is 4. The zero-order valence-corrected chi connectivity index (χ0v) is 8.13. The van der Waals surface area contributed by atoms with Gasteiger partial charge in [0.2, 0.25) is 11.5 Å². The lowest BCUT2D eigenvalue weighted by Gasteiger charge is -2.02. The molecule has 1 heterocycles. The molecule has 0 spiro atoms. The van der Waals surface area contributed by atoms with Gasteiger partial charge < -0.3 is 28.8 Å². The first-order valence-electron chi connectivity index (χ1n) is 3.95. The van der Waals surface area contributed by atoms with Crippen molar-refractivity contribution in [1.29, 1.82) is 0 Å². The maximum atomic E-state index is 10.4. The molecule has 16 heavy (non-hydrogen) atoms. The lowest BCUT2D eigenvalue weighted by molar-refractivity contribution is 0.129. The van der Waals surface area contributed by atoms with E-state index in [2.05, 4.69) is 9.47 Å². The van der Waals surface area contributed by atoms with Crippen molar-refractivity contribution < 1.29 is 38.4 Å². The van der Waals surface area contributed by atoms with Gasteiger partial charge in [-0.3, -0.25) is 0 Å². The van der Waals surface area contributed by atoms with Crippen LogP contribution in [0.4, 0.5) is 9.59 Å². The Balaban J connectivity index is 2.98. The fourth-order valence-corrected chi connectivity index (χ4v) is 0.959. The Hall–Kier alpha value is -2.22. The molecule has 0 atom stereocenters. The molecule has 1 rings (SSSR count). The monoisotopic (exact) mass is 232 g/mol. The van der Waals surface area contributed by atoms with E-state index in [1.807, 2.05) is 0 Å². The van der Waals surface area contributed by atoms with Crippen LogP contribution in [0.5, 0.6) is 11.5 Å². The minimum atomic E-state index is -1.62. The van der Waals surface area contributed by atoms with E-state index in [0.717, 1.165) is 6.26 Å². The number of ether oxygens (including phenoxy) is 3. The molecule has 0 unspecified atom stereocenters. The van der Waals surface area contributed by atoms with E-state index in [1.165, 1.54) is 7.11 Å². The summed E-state index contributed by atoms with van der Waals surface area (Å²) in [6.45, 7) is -0.0778. The Morgan fingerprint density at radius 1 is 1.31 bits per heavy atom. The SMILES string of the molecule is COCc1occ(OC(=O)O)c1OC(=O)O. The van der Waals surface area contributed by atoms with E-state index >= 15 is 0 Å². The molecule has 0 aliphatic carbocycles. The van der Waals surface area contributed by atoms with Crippen molar-refractivity contribution in [3.05, 3.63) is 12.0 Å². The normalized spacial score (nSPS) is 9.81. The number of carboxylic acid groups (broad SMARTS) is 2. The first kappa shape index (κ1) is 11.9. The van der Waals surface area contributed by atoms with Crippen LogP contribution in [0.3, 0.4) is 0 Å². The van der Waals surface area contributed by atoms with Crippen LogP contribution < -0.4 is 9.47 Å². The summed E-state index contributed by atoms with van der Waals surface area (Å²) in [4.78, 5) is 20.6. The number of furan rings is 1. The standard InChI is InChI=1S/C8H8O8/c1-13-2-4-6(16-8(11)12)5(3-14-4)15-7(9)10/h3H,2H2,1H3,(H,9,10)(H,11,12). The first-order valence-corrected chi connectivity index (χ1v) is 3.95. The third-order valence-electron chi connectivity index (χ3n) is 1.45. The molecule has 0 saturated carbocycles. The molecule has 0 bridgehead atoms. The Labute approximate surface area is 88.9 Å². The van der Waals surface area contributed by atoms with Crippen molar-refractivity contribution in [2.24, 2.45) is 0 Å².